The van der Waals surface area contributed by atoms with E-state index in [-0.39, 0.29) is 12.8 Å². The van der Waals surface area contributed by atoms with Gasteiger partial charge in [0.1, 0.15) is 18.3 Å². The normalized spacial score (nSPS) is 27.8. The van der Waals surface area contributed by atoms with Crippen molar-refractivity contribution in [2.75, 3.05) is 6.61 Å². The lowest BCUT2D eigenvalue weighted by Gasteiger charge is -2.19. The summed E-state index contributed by atoms with van der Waals surface area (Å²) in [4.78, 5) is 9.79. The fourth-order valence-electron chi connectivity index (χ4n) is 2.60. The maximum absolute atomic E-state index is 12.0. The molecular formula is C16H22NO8P. The summed E-state index contributed by atoms with van der Waals surface area (Å²) in [6, 6.07) is 13.1. The molecule has 3 rings (SSSR count). The van der Waals surface area contributed by atoms with E-state index in [2.05, 4.69) is 0 Å². The molecule has 0 saturated carbocycles. The van der Waals surface area contributed by atoms with Crippen LogP contribution in [0.4, 0.5) is 0 Å². The third-order valence-electron chi connectivity index (χ3n) is 3.94. The molecule has 1 saturated heterocycles. The Hall–Kier alpha value is -1.39. The Kier molecular flexibility index (Phi) is 6.86. The first kappa shape index (κ1) is 20.9. The Balaban J connectivity index is 0.00000243. The largest absolute Gasteiger partial charge is 0.474 e. The predicted molar refractivity (Wildman–Crippen MR) is 92.4 cm³/mol. The summed E-state index contributed by atoms with van der Waals surface area (Å²) < 4.78 is 26.7. The van der Waals surface area contributed by atoms with Gasteiger partial charge in [0, 0.05) is 0 Å². The number of phosphoric ester groups is 1. The second kappa shape index (κ2) is 8.53. The lowest BCUT2D eigenvalue weighted by atomic mass is 10.1. The van der Waals surface area contributed by atoms with E-state index in [1.54, 1.807) is 6.07 Å². The number of aliphatic hydroxyl groups excluding tert-OH is 3. The van der Waals surface area contributed by atoms with Crippen molar-refractivity contribution < 1.29 is 38.6 Å². The van der Waals surface area contributed by atoms with Crippen molar-refractivity contribution in [3.8, 4) is 0 Å². The van der Waals surface area contributed by atoms with Gasteiger partial charge in [-0.1, -0.05) is 36.4 Å². The van der Waals surface area contributed by atoms with Crippen LogP contribution in [0.5, 0.6) is 0 Å². The Morgan fingerprint density at radius 1 is 1.08 bits per heavy atom. The van der Waals surface area contributed by atoms with E-state index >= 15 is 0 Å². The smallest absolute Gasteiger partial charge is 0.394 e. The quantitative estimate of drug-likeness (QED) is 0.457. The Morgan fingerprint density at radius 2 is 1.77 bits per heavy atom. The van der Waals surface area contributed by atoms with Crippen LogP contribution in [-0.4, -0.2) is 51.4 Å². The number of fused-ring (bicyclic) bond motifs is 1. The van der Waals surface area contributed by atoms with Crippen molar-refractivity contribution in [2.45, 2.75) is 31.2 Å². The highest BCUT2D eigenvalue weighted by Crippen LogP contribution is 2.47. The molecule has 0 aromatic heterocycles. The molecule has 0 aliphatic carbocycles. The fourth-order valence-corrected chi connectivity index (χ4v) is 3.41. The maximum atomic E-state index is 12.0. The number of benzene rings is 2. The van der Waals surface area contributed by atoms with Gasteiger partial charge in [-0.25, -0.2) is 4.57 Å². The topological polar surface area (TPSA) is 161 Å². The van der Waals surface area contributed by atoms with Gasteiger partial charge in [0.15, 0.2) is 6.29 Å². The fraction of sp³-hybridized carbons (Fsp3) is 0.375. The van der Waals surface area contributed by atoms with E-state index < -0.39 is 39.0 Å². The molecule has 2 aromatic rings. The van der Waals surface area contributed by atoms with Crippen LogP contribution in [0.1, 0.15) is 5.56 Å². The Morgan fingerprint density at radius 3 is 2.42 bits per heavy atom. The van der Waals surface area contributed by atoms with E-state index in [9.17, 15) is 19.7 Å². The van der Waals surface area contributed by atoms with Gasteiger partial charge >= 0.3 is 7.82 Å². The van der Waals surface area contributed by atoms with E-state index in [4.69, 9.17) is 18.9 Å². The minimum Gasteiger partial charge on any atom is -0.394 e. The highest BCUT2D eigenvalue weighted by Gasteiger charge is 2.46. The van der Waals surface area contributed by atoms with Gasteiger partial charge in [0.05, 0.1) is 13.2 Å². The lowest BCUT2D eigenvalue weighted by molar-refractivity contribution is -0.128. The molecule has 2 aromatic carbocycles. The van der Waals surface area contributed by atoms with Gasteiger partial charge in [-0.05, 0) is 22.4 Å². The predicted octanol–water partition coefficient (Wildman–Crippen LogP) is 1.07. The zero-order chi connectivity index (χ0) is 18.0. The van der Waals surface area contributed by atoms with Gasteiger partial charge in [-0.3, -0.25) is 9.05 Å². The minimum atomic E-state index is -4.55. The minimum absolute atomic E-state index is 0. The number of rotatable bonds is 6. The van der Waals surface area contributed by atoms with Crippen LogP contribution in [0.2, 0.25) is 0 Å². The standard InChI is InChI=1S/C16H19O8P.H3N/c17-8-13-14(18)15(19)16(23-13)24-25(20,21)22-9-10-5-6-11-3-1-2-4-12(11)7-10;/h1-7,13-19H,8-9H2,(H,20,21);1H3/t13-,14-,15+,16+;/m1./s1. The molecule has 144 valence electrons. The number of aliphatic hydroxyl groups is 3. The molecule has 1 fully saturated rings. The molecule has 1 aliphatic rings. The average Bonchev–Trinajstić information content (AvgIpc) is 2.87. The molecule has 1 heterocycles. The summed E-state index contributed by atoms with van der Waals surface area (Å²) in [5, 5.41) is 30.3. The van der Waals surface area contributed by atoms with E-state index in [0.29, 0.717) is 5.56 Å². The zero-order valence-electron chi connectivity index (χ0n) is 13.8. The molecule has 10 heteroatoms. The molecule has 0 bridgehead atoms. The molecule has 7 N–H and O–H groups in total. The van der Waals surface area contributed by atoms with Crippen molar-refractivity contribution in [1.82, 2.24) is 6.15 Å². The average molecular weight is 387 g/mol. The van der Waals surface area contributed by atoms with Crippen molar-refractivity contribution in [1.29, 1.82) is 0 Å². The third kappa shape index (κ3) is 4.66. The second-order valence-electron chi connectivity index (χ2n) is 5.74. The molecule has 5 atom stereocenters. The number of phosphoric acid groups is 1. The summed E-state index contributed by atoms with van der Waals surface area (Å²) in [5.74, 6) is 0. The summed E-state index contributed by atoms with van der Waals surface area (Å²) >= 11 is 0. The van der Waals surface area contributed by atoms with Crippen LogP contribution >= 0.6 is 7.82 Å². The first-order chi connectivity index (χ1) is 11.9. The number of hydrogen-bond donors (Lipinski definition) is 5. The van der Waals surface area contributed by atoms with Gasteiger partial charge < -0.3 is 31.1 Å². The highest BCUT2D eigenvalue weighted by molar-refractivity contribution is 7.47. The SMILES string of the molecule is N.O=P(O)(OCc1ccc2ccccc2c1)O[C@@H]1O[C@H](CO)[C@@H](O)[C@@H]1O. The number of ether oxygens (including phenoxy) is 1. The maximum Gasteiger partial charge on any atom is 0.474 e. The van der Waals surface area contributed by atoms with Crippen molar-refractivity contribution in [2.24, 2.45) is 0 Å². The molecular weight excluding hydrogens is 365 g/mol. The summed E-state index contributed by atoms with van der Waals surface area (Å²) in [7, 11) is -4.55. The highest BCUT2D eigenvalue weighted by atomic mass is 31.2. The Labute approximate surface area is 149 Å². The van der Waals surface area contributed by atoms with E-state index in [0.717, 1.165) is 10.8 Å². The van der Waals surface area contributed by atoms with Gasteiger partial charge in [-0.2, -0.15) is 0 Å². The van der Waals surface area contributed by atoms with Gasteiger partial charge in [0.25, 0.3) is 0 Å². The first-order valence-corrected chi connectivity index (χ1v) is 9.15. The van der Waals surface area contributed by atoms with Crippen LogP contribution in [0.15, 0.2) is 42.5 Å². The Bertz CT molecular complexity index is 788. The van der Waals surface area contributed by atoms with Crippen LogP contribution in [0, 0.1) is 0 Å². The van der Waals surface area contributed by atoms with Crippen LogP contribution in [0.25, 0.3) is 10.8 Å². The molecule has 1 unspecified atom stereocenters. The molecule has 26 heavy (non-hydrogen) atoms. The molecule has 0 amide bonds. The first-order valence-electron chi connectivity index (χ1n) is 7.65. The van der Waals surface area contributed by atoms with Gasteiger partial charge in [0.2, 0.25) is 0 Å². The molecule has 9 nitrogen and oxygen atoms in total. The third-order valence-corrected chi connectivity index (χ3v) is 4.87. The summed E-state index contributed by atoms with van der Waals surface area (Å²) in [6.07, 6.45) is -5.66. The molecule has 0 radical (unpaired) electrons. The van der Waals surface area contributed by atoms with Crippen LogP contribution < -0.4 is 6.15 Å². The molecule has 0 spiro atoms. The summed E-state index contributed by atoms with van der Waals surface area (Å²) in [6.45, 7) is -0.751. The molecule has 1 aliphatic heterocycles. The van der Waals surface area contributed by atoms with Crippen molar-refractivity contribution in [3.05, 3.63) is 48.0 Å². The second-order valence-corrected chi connectivity index (χ2v) is 7.14. The van der Waals surface area contributed by atoms with Crippen LogP contribution in [0.3, 0.4) is 0 Å². The summed E-state index contributed by atoms with van der Waals surface area (Å²) in [5.41, 5.74) is 0.665. The van der Waals surface area contributed by atoms with E-state index in [1.807, 2.05) is 36.4 Å². The van der Waals surface area contributed by atoms with Crippen molar-refractivity contribution in [3.63, 3.8) is 0 Å². The monoisotopic (exact) mass is 387 g/mol. The van der Waals surface area contributed by atoms with Crippen molar-refractivity contribution >= 4 is 18.6 Å². The van der Waals surface area contributed by atoms with Gasteiger partial charge in [-0.15, -0.1) is 0 Å². The lowest BCUT2D eigenvalue weighted by Crippen LogP contribution is -2.34. The number of hydrogen-bond acceptors (Lipinski definition) is 8. The zero-order valence-corrected chi connectivity index (χ0v) is 14.7. The van der Waals surface area contributed by atoms with E-state index in [1.165, 1.54) is 0 Å². The van der Waals surface area contributed by atoms with Crippen LogP contribution in [-0.2, 0) is 25.0 Å².